The number of fused-ring (bicyclic) bond motifs is 6. The van der Waals surface area contributed by atoms with Crippen molar-refractivity contribution in [3.63, 3.8) is 0 Å². The number of nitrogens with one attached hydrogen (secondary N) is 1. The molecule has 0 saturated carbocycles. The Morgan fingerprint density at radius 3 is 2.59 bits per heavy atom. The van der Waals surface area contributed by atoms with Crippen LogP contribution in [-0.2, 0) is 23.3 Å². The number of nitrogens with zero attached hydrogens (tertiary/aromatic N) is 1. The van der Waals surface area contributed by atoms with Crippen LogP contribution in [0.2, 0.25) is 0 Å². The molecule has 1 N–H and O–H groups in total. The number of aromatic nitrogens is 1. The summed E-state index contributed by atoms with van der Waals surface area (Å²) >= 11 is 0. The number of sulfone groups is 1. The van der Waals surface area contributed by atoms with Crippen LogP contribution in [0.25, 0.3) is 10.9 Å². The number of hydrogen-bond acceptors (Lipinski definition) is 3. The Balaban J connectivity index is 0.00000180. The molecular weight excluding hydrogens is 380 g/mol. The normalized spacial score (nSPS) is 21.5. The molecule has 2 aliphatic heterocycles. The van der Waals surface area contributed by atoms with E-state index in [2.05, 4.69) is 16.9 Å². The SMILES string of the molecule is Cl.Cn1c2c(c3cc(S(=O)(=O)c4ccccc4)ccc31)C1CCCC(C2)N1. The van der Waals surface area contributed by atoms with E-state index in [0.717, 1.165) is 23.7 Å². The van der Waals surface area contributed by atoms with Gasteiger partial charge in [0.2, 0.25) is 9.84 Å². The summed E-state index contributed by atoms with van der Waals surface area (Å²) in [4.78, 5) is 0.725. The molecule has 5 rings (SSSR count). The monoisotopic (exact) mass is 402 g/mol. The highest BCUT2D eigenvalue weighted by molar-refractivity contribution is 7.91. The van der Waals surface area contributed by atoms with Crippen LogP contribution in [0.4, 0.5) is 0 Å². The largest absolute Gasteiger partial charge is 0.347 e. The molecule has 4 nitrogen and oxygen atoms in total. The number of piperidine rings is 1. The van der Waals surface area contributed by atoms with Gasteiger partial charge < -0.3 is 9.88 Å². The zero-order valence-electron chi connectivity index (χ0n) is 15.2. The first-order chi connectivity index (χ1) is 12.6. The fraction of sp³-hybridized carbons (Fsp3) is 0.333. The quantitative estimate of drug-likeness (QED) is 0.699. The highest BCUT2D eigenvalue weighted by Gasteiger charge is 2.34. The summed E-state index contributed by atoms with van der Waals surface area (Å²) in [5, 5.41) is 4.82. The van der Waals surface area contributed by atoms with Crippen LogP contribution in [0.15, 0.2) is 58.3 Å². The maximum atomic E-state index is 13.0. The Morgan fingerprint density at radius 1 is 1.04 bits per heavy atom. The number of halogens is 1. The average molecular weight is 403 g/mol. The third-order valence-corrected chi connectivity index (χ3v) is 7.74. The van der Waals surface area contributed by atoms with E-state index in [1.54, 1.807) is 30.3 Å². The molecule has 2 atom stereocenters. The fourth-order valence-electron chi connectivity index (χ4n) is 4.69. The molecule has 1 saturated heterocycles. The van der Waals surface area contributed by atoms with Gasteiger partial charge in [-0.25, -0.2) is 8.42 Å². The van der Waals surface area contributed by atoms with Crippen molar-refractivity contribution in [2.75, 3.05) is 0 Å². The molecule has 0 radical (unpaired) electrons. The van der Waals surface area contributed by atoms with E-state index in [4.69, 9.17) is 0 Å². The van der Waals surface area contributed by atoms with E-state index in [1.165, 1.54) is 24.1 Å². The van der Waals surface area contributed by atoms with Gasteiger partial charge in [-0.05, 0) is 55.2 Å². The molecule has 2 aromatic carbocycles. The third-order valence-electron chi connectivity index (χ3n) is 5.97. The van der Waals surface area contributed by atoms with E-state index in [9.17, 15) is 8.42 Å². The average Bonchev–Trinajstić information content (AvgIpc) is 2.94. The van der Waals surface area contributed by atoms with Gasteiger partial charge in [-0.15, -0.1) is 12.4 Å². The molecule has 3 heterocycles. The first kappa shape index (κ1) is 18.5. The lowest BCUT2D eigenvalue weighted by Crippen LogP contribution is -2.42. The predicted octanol–water partition coefficient (Wildman–Crippen LogP) is 4.17. The second-order valence-corrected chi connectivity index (χ2v) is 9.42. The minimum absolute atomic E-state index is 0. The number of rotatable bonds is 2. The molecule has 142 valence electrons. The number of aryl methyl sites for hydroxylation is 1. The minimum Gasteiger partial charge on any atom is -0.347 e. The highest BCUT2D eigenvalue weighted by atomic mass is 35.5. The third kappa shape index (κ3) is 2.80. The smallest absolute Gasteiger partial charge is 0.206 e. The van der Waals surface area contributed by atoms with E-state index in [1.807, 2.05) is 18.2 Å². The van der Waals surface area contributed by atoms with Gasteiger partial charge in [-0.2, -0.15) is 0 Å². The van der Waals surface area contributed by atoms with Gasteiger partial charge in [-0.1, -0.05) is 18.2 Å². The van der Waals surface area contributed by atoms with Crippen molar-refractivity contribution in [1.82, 2.24) is 9.88 Å². The summed E-state index contributed by atoms with van der Waals surface area (Å²) in [6, 6.07) is 15.2. The molecule has 1 aromatic heterocycles. The van der Waals surface area contributed by atoms with Crippen molar-refractivity contribution in [3.8, 4) is 0 Å². The van der Waals surface area contributed by atoms with Crippen LogP contribution < -0.4 is 5.32 Å². The van der Waals surface area contributed by atoms with E-state index < -0.39 is 9.84 Å². The van der Waals surface area contributed by atoms with Gasteiger partial charge in [0.1, 0.15) is 0 Å². The second-order valence-electron chi connectivity index (χ2n) is 7.47. The number of hydrogen-bond donors (Lipinski definition) is 1. The van der Waals surface area contributed by atoms with E-state index in [0.29, 0.717) is 21.9 Å². The van der Waals surface area contributed by atoms with E-state index in [-0.39, 0.29) is 12.4 Å². The first-order valence-electron chi connectivity index (χ1n) is 9.23. The van der Waals surface area contributed by atoms with Crippen molar-refractivity contribution in [2.24, 2.45) is 7.05 Å². The first-order valence-corrected chi connectivity index (χ1v) is 10.7. The molecular formula is C21H23ClN2O2S. The Bertz CT molecular complexity index is 1110. The Morgan fingerprint density at radius 2 is 1.81 bits per heavy atom. The second kappa shape index (κ2) is 6.66. The number of benzene rings is 2. The zero-order valence-corrected chi connectivity index (χ0v) is 16.8. The molecule has 2 bridgehead atoms. The maximum absolute atomic E-state index is 13.0. The molecule has 0 amide bonds. The van der Waals surface area contributed by atoms with Gasteiger partial charge >= 0.3 is 0 Å². The summed E-state index contributed by atoms with van der Waals surface area (Å²) in [5.74, 6) is 0. The van der Waals surface area contributed by atoms with Crippen molar-refractivity contribution in [3.05, 3.63) is 59.8 Å². The topological polar surface area (TPSA) is 51.1 Å². The van der Waals surface area contributed by atoms with Gasteiger partial charge in [0.05, 0.1) is 9.79 Å². The molecule has 0 aliphatic carbocycles. The van der Waals surface area contributed by atoms with Crippen molar-refractivity contribution < 1.29 is 8.42 Å². The summed E-state index contributed by atoms with van der Waals surface area (Å²) < 4.78 is 28.3. The van der Waals surface area contributed by atoms with Crippen LogP contribution in [-0.4, -0.2) is 19.0 Å². The molecule has 3 aromatic rings. The Hall–Kier alpha value is -1.82. The van der Waals surface area contributed by atoms with Gasteiger partial charge in [0.25, 0.3) is 0 Å². The zero-order chi connectivity index (χ0) is 17.9. The molecule has 1 fully saturated rings. The van der Waals surface area contributed by atoms with Crippen molar-refractivity contribution >= 4 is 33.1 Å². The van der Waals surface area contributed by atoms with Gasteiger partial charge in [0.15, 0.2) is 0 Å². The minimum atomic E-state index is -3.50. The molecule has 0 spiro atoms. The predicted molar refractivity (Wildman–Crippen MR) is 109 cm³/mol. The highest BCUT2D eigenvalue weighted by Crippen LogP contribution is 2.41. The van der Waals surface area contributed by atoms with Crippen LogP contribution in [0.5, 0.6) is 0 Å². The van der Waals surface area contributed by atoms with Crippen molar-refractivity contribution in [2.45, 2.75) is 47.6 Å². The van der Waals surface area contributed by atoms with Crippen LogP contribution in [0.3, 0.4) is 0 Å². The summed E-state index contributed by atoms with van der Waals surface area (Å²) in [6.45, 7) is 0. The standard InChI is InChI=1S/C21H22N2O2S.ClH/c1-23-19-11-10-16(26(24,25)15-7-3-2-4-8-15)13-17(19)21-18-9-5-6-14(22-18)12-20(21)23;/h2-4,7-8,10-11,13-14,18,22H,5-6,9,12H2,1H3;1H. The summed E-state index contributed by atoms with van der Waals surface area (Å²) in [7, 11) is -1.39. The lowest BCUT2D eigenvalue weighted by Gasteiger charge is -2.36. The van der Waals surface area contributed by atoms with E-state index >= 15 is 0 Å². The van der Waals surface area contributed by atoms with Gasteiger partial charge in [-0.3, -0.25) is 0 Å². The Labute approximate surface area is 165 Å². The summed E-state index contributed by atoms with van der Waals surface area (Å²) in [5.41, 5.74) is 3.79. The van der Waals surface area contributed by atoms with Crippen LogP contribution in [0, 0.1) is 0 Å². The molecule has 27 heavy (non-hydrogen) atoms. The Kier molecular flexibility index (Phi) is 4.57. The molecule has 2 unspecified atom stereocenters. The fourth-order valence-corrected chi connectivity index (χ4v) is 5.99. The van der Waals surface area contributed by atoms with Gasteiger partial charge in [0, 0.05) is 42.1 Å². The van der Waals surface area contributed by atoms with Crippen LogP contribution >= 0.6 is 12.4 Å². The molecule has 6 heteroatoms. The summed E-state index contributed by atoms with van der Waals surface area (Å²) in [6.07, 6.45) is 4.61. The lowest BCUT2D eigenvalue weighted by molar-refractivity contribution is 0.299. The lowest BCUT2D eigenvalue weighted by atomic mass is 9.84. The molecule has 2 aliphatic rings. The maximum Gasteiger partial charge on any atom is 0.206 e. The van der Waals surface area contributed by atoms with Crippen LogP contribution in [0.1, 0.15) is 36.6 Å². The van der Waals surface area contributed by atoms with Crippen molar-refractivity contribution in [1.29, 1.82) is 0 Å².